The molecule has 0 spiro atoms. The van der Waals surface area contributed by atoms with Crippen LogP contribution in [0.15, 0.2) is 23.3 Å². The van der Waals surface area contributed by atoms with Gasteiger partial charge in [0.1, 0.15) is 30.2 Å². The topological polar surface area (TPSA) is 143 Å². The van der Waals surface area contributed by atoms with Crippen molar-refractivity contribution in [3.63, 3.8) is 0 Å². The zero-order chi connectivity index (χ0) is 30.6. The van der Waals surface area contributed by atoms with E-state index in [2.05, 4.69) is 19.9 Å². The quantitative estimate of drug-likeness (QED) is 0.283. The van der Waals surface area contributed by atoms with E-state index in [-0.39, 0.29) is 52.5 Å². The van der Waals surface area contributed by atoms with E-state index < -0.39 is 42.2 Å². The molecule has 8 rings (SSSR count). The highest BCUT2D eigenvalue weighted by Crippen LogP contribution is 2.70. The number of rotatable bonds is 4. The van der Waals surface area contributed by atoms with Crippen LogP contribution >= 0.6 is 0 Å². The van der Waals surface area contributed by atoms with E-state index in [4.69, 9.17) is 14.2 Å². The molecule has 8 aliphatic rings. The Balaban J connectivity index is 1.10. The summed E-state index contributed by atoms with van der Waals surface area (Å²) < 4.78 is 17.7. The number of esters is 1. The van der Waals surface area contributed by atoms with Crippen molar-refractivity contribution in [1.82, 2.24) is 0 Å². The summed E-state index contributed by atoms with van der Waals surface area (Å²) in [7, 11) is 0. The minimum Gasteiger partial charge on any atom is -0.457 e. The molecule has 3 aliphatic heterocycles. The van der Waals surface area contributed by atoms with Crippen molar-refractivity contribution in [2.24, 2.45) is 40.4 Å². The smallest absolute Gasteiger partial charge is 0.314 e. The van der Waals surface area contributed by atoms with Crippen molar-refractivity contribution in [2.45, 2.75) is 134 Å². The first-order valence-electron chi connectivity index (χ1n) is 16.5. The highest BCUT2D eigenvalue weighted by molar-refractivity contribution is 5.88. The highest BCUT2D eigenvalue weighted by Gasteiger charge is 2.68. The number of Topliss-reactive ketones (excluding diaryl/α,β-unsaturated/α-hetero) is 1. The number of hydrogen-bond acceptors (Lipinski definition) is 9. The van der Waals surface area contributed by atoms with E-state index in [0.717, 1.165) is 56.9 Å². The molecule has 15 atom stereocenters. The van der Waals surface area contributed by atoms with Crippen LogP contribution in [-0.2, 0) is 23.8 Å². The molecule has 5 aliphatic carbocycles. The van der Waals surface area contributed by atoms with Crippen molar-refractivity contribution in [3.05, 3.63) is 23.3 Å². The molecule has 238 valence electrons. The maximum Gasteiger partial charge on any atom is 0.314 e. The van der Waals surface area contributed by atoms with Crippen molar-refractivity contribution >= 4 is 11.8 Å². The average molecular weight is 601 g/mol. The van der Waals surface area contributed by atoms with Gasteiger partial charge in [0.25, 0.3) is 0 Å². The first kappa shape index (κ1) is 30.1. The second kappa shape index (κ2) is 10.2. The Morgan fingerprint density at radius 3 is 2.47 bits per heavy atom. The SMILES string of the molecule is CC(=O)[C@@H]1C[C@H]2OC(=O)[C@@H]1C=C2[C@H]1CC[C@]2(O)[C@@H]3CCC4=C[C@@H](O[C@@H]5O[C@@H](C)[C@H](O)[C@@H](O)[C@H]5O)CC[C@]4(C)[C@H]3CC[C@]12C. The molecule has 2 bridgehead atoms. The van der Waals surface area contributed by atoms with E-state index in [1.54, 1.807) is 13.8 Å². The molecular weight excluding hydrogens is 552 g/mol. The van der Waals surface area contributed by atoms with Gasteiger partial charge in [0.05, 0.1) is 23.7 Å². The molecule has 9 heteroatoms. The number of aliphatic hydroxyl groups is 4. The third-order valence-corrected chi connectivity index (χ3v) is 13.5. The minimum absolute atomic E-state index is 0.0458. The summed E-state index contributed by atoms with van der Waals surface area (Å²) in [6.45, 7) is 7.84. The average Bonchev–Trinajstić information content (AvgIpc) is 3.25. The molecule has 2 saturated heterocycles. The van der Waals surface area contributed by atoms with Crippen LogP contribution in [0.1, 0.15) is 85.5 Å². The fourth-order valence-corrected chi connectivity index (χ4v) is 10.9. The summed E-state index contributed by atoms with van der Waals surface area (Å²) in [5.41, 5.74) is 1.31. The number of fused-ring (bicyclic) bond motifs is 7. The van der Waals surface area contributed by atoms with Crippen LogP contribution in [0.4, 0.5) is 0 Å². The van der Waals surface area contributed by atoms with Crippen LogP contribution < -0.4 is 0 Å². The number of carbonyl (C=O) groups excluding carboxylic acids is 2. The van der Waals surface area contributed by atoms with Crippen molar-refractivity contribution in [3.8, 4) is 0 Å². The Bertz CT molecular complexity index is 1240. The normalized spacial score (nSPS) is 54.1. The predicted octanol–water partition coefficient (Wildman–Crippen LogP) is 2.97. The lowest BCUT2D eigenvalue weighted by molar-refractivity contribution is -0.301. The lowest BCUT2D eigenvalue weighted by Crippen LogP contribution is -2.61. The van der Waals surface area contributed by atoms with Crippen LogP contribution in [0.5, 0.6) is 0 Å². The second-order valence-corrected chi connectivity index (χ2v) is 15.3. The van der Waals surface area contributed by atoms with Crippen molar-refractivity contribution < 1.29 is 44.2 Å². The summed E-state index contributed by atoms with van der Waals surface area (Å²) in [5.74, 6) is -0.380. The summed E-state index contributed by atoms with van der Waals surface area (Å²) in [5, 5.41) is 43.4. The second-order valence-electron chi connectivity index (χ2n) is 15.3. The van der Waals surface area contributed by atoms with Crippen molar-refractivity contribution in [1.29, 1.82) is 0 Å². The van der Waals surface area contributed by atoms with Gasteiger partial charge in [-0.2, -0.15) is 0 Å². The first-order valence-corrected chi connectivity index (χ1v) is 16.5. The molecule has 3 heterocycles. The van der Waals surface area contributed by atoms with Gasteiger partial charge in [-0.15, -0.1) is 0 Å². The third-order valence-electron chi connectivity index (χ3n) is 13.5. The molecule has 43 heavy (non-hydrogen) atoms. The first-order chi connectivity index (χ1) is 20.3. The van der Waals surface area contributed by atoms with Crippen LogP contribution in [0.3, 0.4) is 0 Å². The van der Waals surface area contributed by atoms with Gasteiger partial charge in [0, 0.05) is 11.3 Å². The fourth-order valence-electron chi connectivity index (χ4n) is 10.9. The van der Waals surface area contributed by atoms with Crippen LogP contribution in [0.2, 0.25) is 0 Å². The molecule has 3 saturated carbocycles. The lowest BCUT2D eigenvalue weighted by atomic mass is 9.44. The molecule has 0 unspecified atom stereocenters. The lowest BCUT2D eigenvalue weighted by Gasteiger charge is -2.62. The number of allylic oxidation sites excluding steroid dienone is 1. The number of aliphatic hydroxyl groups excluding tert-OH is 3. The largest absolute Gasteiger partial charge is 0.457 e. The summed E-state index contributed by atoms with van der Waals surface area (Å²) in [4.78, 5) is 24.8. The Labute approximate surface area is 253 Å². The summed E-state index contributed by atoms with van der Waals surface area (Å²) in [6.07, 6.45) is 5.68. The Kier molecular flexibility index (Phi) is 7.12. The van der Waals surface area contributed by atoms with Gasteiger partial charge in [-0.3, -0.25) is 9.59 Å². The van der Waals surface area contributed by atoms with Crippen LogP contribution in [0.25, 0.3) is 0 Å². The number of hydrogen-bond donors (Lipinski definition) is 4. The van der Waals surface area contributed by atoms with E-state index in [9.17, 15) is 30.0 Å². The fraction of sp³-hybridized carbons (Fsp3) is 0.824. The van der Waals surface area contributed by atoms with Crippen LogP contribution in [-0.4, -0.2) is 80.7 Å². The Hall–Kier alpha value is -1.62. The maximum atomic E-state index is 12.7. The summed E-state index contributed by atoms with van der Waals surface area (Å²) >= 11 is 0. The van der Waals surface area contributed by atoms with E-state index in [1.165, 1.54) is 5.57 Å². The molecule has 5 fully saturated rings. The van der Waals surface area contributed by atoms with Gasteiger partial charge < -0.3 is 34.6 Å². The predicted molar refractivity (Wildman–Crippen MR) is 154 cm³/mol. The van der Waals surface area contributed by atoms with Gasteiger partial charge in [0.15, 0.2) is 6.29 Å². The monoisotopic (exact) mass is 600 g/mol. The molecule has 0 aromatic carbocycles. The molecular formula is C34H48O9. The standard InChI is InChI=1S/C34H48O9/c1-16(35)20-15-26-22(14-21(20)30(39)43-26)23-9-12-34(40)25-6-5-18-13-19(42-31-29(38)28(37)27(36)17(2)41-31)7-10-32(18,3)24(25)8-11-33(23,34)4/h13-14,17,19-21,23-29,31,36-38,40H,5-12,15H2,1-4H3/t17-,19-,20-,21+,23+,24-,25+,26+,27-,28+,29+,31-,32-,33+,34-/m0/s1. The third kappa shape index (κ3) is 4.24. The van der Waals surface area contributed by atoms with Gasteiger partial charge in [-0.25, -0.2) is 0 Å². The minimum atomic E-state index is -1.32. The molecule has 0 aromatic rings. The number of ether oxygens (including phenoxy) is 3. The highest BCUT2D eigenvalue weighted by atomic mass is 16.7. The van der Waals surface area contributed by atoms with Gasteiger partial charge in [-0.05, 0) is 100 Å². The molecule has 9 nitrogen and oxygen atoms in total. The van der Waals surface area contributed by atoms with E-state index >= 15 is 0 Å². The molecule has 0 amide bonds. The maximum absolute atomic E-state index is 12.7. The van der Waals surface area contributed by atoms with Crippen LogP contribution in [0, 0.1) is 40.4 Å². The van der Waals surface area contributed by atoms with Gasteiger partial charge >= 0.3 is 5.97 Å². The Morgan fingerprint density at radius 1 is 0.977 bits per heavy atom. The zero-order valence-electron chi connectivity index (χ0n) is 25.8. The van der Waals surface area contributed by atoms with Gasteiger partial charge in [-0.1, -0.05) is 31.6 Å². The Morgan fingerprint density at radius 2 is 1.74 bits per heavy atom. The summed E-state index contributed by atoms with van der Waals surface area (Å²) in [6, 6.07) is 0. The van der Waals surface area contributed by atoms with E-state index in [0.29, 0.717) is 12.3 Å². The molecule has 0 aromatic heterocycles. The number of ketones is 1. The molecule has 0 radical (unpaired) electrons. The molecule has 4 N–H and O–H groups in total. The van der Waals surface area contributed by atoms with E-state index in [1.807, 2.05) is 6.08 Å². The number of carbonyl (C=O) groups is 2. The van der Waals surface area contributed by atoms with Crippen molar-refractivity contribution in [2.75, 3.05) is 0 Å². The van der Waals surface area contributed by atoms with Gasteiger partial charge in [0.2, 0.25) is 0 Å². The zero-order valence-corrected chi connectivity index (χ0v) is 25.8.